The summed E-state index contributed by atoms with van der Waals surface area (Å²) < 4.78 is 34.5. The molecule has 0 aliphatic heterocycles. The molecule has 158 valence electrons. The van der Waals surface area contributed by atoms with Crippen molar-refractivity contribution in [2.45, 2.75) is 26.9 Å². The van der Waals surface area contributed by atoms with Crippen molar-refractivity contribution in [1.82, 2.24) is 10.3 Å². The van der Waals surface area contributed by atoms with Gasteiger partial charge in [-0.1, -0.05) is 0 Å². The molecule has 3 rings (SSSR count). The van der Waals surface area contributed by atoms with Gasteiger partial charge < -0.3 is 19.5 Å². The summed E-state index contributed by atoms with van der Waals surface area (Å²) in [5.41, 5.74) is 0.965. The van der Waals surface area contributed by atoms with Crippen LogP contribution in [0.15, 0.2) is 47.1 Å². The highest BCUT2D eigenvalue weighted by atomic mass is 19.1. The molecule has 0 fully saturated rings. The van der Waals surface area contributed by atoms with E-state index < -0.39 is 12.0 Å². The minimum Gasteiger partial charge on any atom is -0.490 e. The van der Waals surface area contributed by atoms with Crippen molar-refractivity contribution in [3.63, 3.8) is 0 Å². The molecule has 0 aliphatic rings. The molecule has 3 aromatic rings. The second-order valence-corrected chi connectivity index (χ2v) is 6.19. The third-order valence-corrected chi connectivity index (χ3v) is 4.04. The van der Waals surface area contributed by atoms with Gasteiger partial charge in [0.15, 0.2) is 23.3 Å². The minimum absolute atomic E-state index is 0.140. The first kappa shape index (κ1) is 21.1. The van der Waals surface area contributed by atoms with Crippen LogP contribution in [-0.4, -0.2) is 35.5 Å². The van der Waals surface area contributed by atoms with Crippen molar-refractivity contribution in [2.24, 2.45) is 0 Å². The van der Waals surface area contributed by atoms with Crippen molar-refractivity contribution in [3.8, 4) is 28.5 Å². The molecule has 0 aliphatic carbocycles. The highest BCUT2D eigenvalue weighted by molar-refractivity contribution is 5.96. The van der Waals surface area contributed by atoms with E-state index in [1.807, 2.05) is 13.8 Å². The Morgan fingerprint density at radius 2 is 1.77 bits per heavy atom. The molecular weight excluding hydrogens is 393 g/mol. The average molecular weight is 415 g/mol. The molecule has 0 unspecified atom stereocenters. The van der Waals surface area contributed by atoms with E-state index in [1.54, 1.807) is 25.1 Å². The summed E-state index contributed by atoms with van der Waals surface area (Å²) in [5.74, 6) is 0.801. The van der Waals surface area contributed by atoms with Gasteiger partial charge in [-0.05, 0) is 73.5 Å². The first-order chi connectivity index (χ1) is 14.5. The Balaban J connectivity index is 1.75. The number of carbonyl (C=O) groups excluding carboxylic acids is 1. The molecule has 30 heavy (non-hydrogen) atoms. The lowest BCUT2D eigenvalue weighted by molar-refractivity contribution is -0.122. The van der Waals surface area contributed by atoms with Crippen LogP contribution in [-0.2, 0) is 4.79 Å². The molecule has 1 N–H and O–H groups in total. The van der Waals surface area contributed by atoms with E-state index in [4.69, 9.17) is 18.8 Å². The maximum absolute atomic E-state index is 13.0. The lowest BCUT2D eigenvalue weighted by Crippen LogP contribution is -2.30. The predicted octanol–water partition coefficient (Wildman–Crippen LogP) is 4.08. The fourth-order valence-corrected chi connectivity index (χ4v) is 2.65. The number of ether oxygens (including phenoxy) is 3. The summed E-state index contributed by atoms with van der Waals surface area (Å²) in [4.78, 5) is 12.5. The van der Waals surface area contributed by atoms with Gasteiger partial charge in [-0.15, -0.1) is 0 Å². The van der Waals surface area contributed by atoms with E-state index in [9.17, 15) is 9.18 Å². The highest BCUT2D eigenvalue weighted by Crippen LogP contribution is 2.34. The van der Waals surface area contributed by atoms with Crippen LogP contribution < -0.4 is 19.5 Å². The molecule has 1 atom stereocenters. The minimum atomic E-state index is -0.862. The number of hydrogen-bond donors (Lipinski definition) is 1. The number of nitrogens with zero attached hydrogens (tertiary/aromatic N) is 2. The van der Waals surface area contributed by atoms with Crippen LogP contribution in [0.4, 0.5) is 10.2 Å². The molecular formula is C21H22FN3O5. The Kier molecular flexibility index (Phi) is 6.84. The molecule has 0 bridgehead atoms. The number of anilines is 1. The van der Waals surface area contributed by atoms with Gasteiger partial charge in [-0.2, -0.15) is 0 Å². The van der Waals surface area contributed by atoms with Crippen molar-refractivity contribution < 1.29 is 28.0 Å². The maximum Gasteiger partial charge on any atom is 0.266 e. The van der Waals surface area contributed by atoms with Gasteiger partial charge >= 0.3 is 0 Å². The summed E-state index contributed by atoms with van der Waals surface area (Å²) in [6.07, 6.45) is -0.862. The lowest BCUT2D eigenvalue weighted by atomic mass is 10.1. The molecule has 0 saturated heterocycles. The fraction of sp³-hybridized carbons (Fsp3) is 0.286. The van der Waals surface area contributed by atoms with Crippen LogP contribution in [0.3, 0.4) is 0 Å². The quantitative estimate of drug-likeness (QED) is 0.563. The standard InChI is InChI=1S/C21H22FN3O5/c1-4-27-17-11-6-14(12-18(17)28-5-2)19-20(25-30-24-19)23-21(26)13(3)29-16-9-7-15(22)8-10-16/h6-13H,4-5H2,1-3H3,(H,23,25,26)/t13-/m0/s1. The van der Waals surface area contributed by atoms with Gasteiger partial charge in [0.25, 0.3) is 5.91 Å². The summed E-state index contributed by atoms with van der Waals surface area (Å²) in [7, 11) is 0. The maximum atomic E-state index is 13.0. The summed E-state index contributed by atoms with van der Waals surface area (Å²) in [6, 6.07) is 10.6. The monoisotopic (exact) mass is 415 g/mol. The zero-order chi connectivity index (χ0) is 21.5. The Morgan fingerprint density at radius 3 is 2.47 bits per heavy atom. The Labute approximate surface area is 172 Å². The summed E-state index contributed by atoms with van der Waals surface area (Å²) in [6.45, 7) is 6.28. The van der Waals surface area contributed by atoms with Crippen LogP contribution in [0.1, 0.15) is 20.8 Å². The van der Waals surface area contributed by atoms with E-state index >= 15 is 0 Å². The van der Waals surface area contributed by atoms with Crippen LogP contribution >= 0.6 is 0 Å². The first-order valence-corrected chi connectivity index (χ1v) is 9.47. The molecule has 1 heterocycles. The van der Waals surface area contributed by atoms with E-state index in [1.165, 1.54) is 24.3 Å². The van der Waals surface area contributed by atoms with Gasteiger partial charge in [0.2, 0.25) is 5.82 Å². The molecule has 1 amide bonds. The molecule has 0 radical (unpaired) electrons. The number of nitrogens with one attached hydrogen (secondary N) is 1. The molecule has 9 heteroatoms. The van der Waals surface area contributed by atoms with Gasteiger partial charge in [0, 0.05) is 5.56 Å². The molecule has 1 aromatic heterocycles. The van der Waals surface area contributed by atoms with Crippen molar-refractivity contribution in [2.75, 3.05) is 18.5 Å². The average Bonchev–Trinajstić information content (AvgIpc) is 3.19. The number of halogens is 1. The van der Waals surface area contributed by atoms with E-state index in [0.717, 1.165) is 0 Å². The zero-order valence-electron chi connectivity index (χ0n) is 16.8. The first-order valence-electron chi connectivity index (χ1n) is 9.47. The fourth-order valence-electron chi connectivity index (χ4n) is 2.65. The van der Waals surface area contributed by atoms with Crippen LogP contribution in [0.5, 0.6) is 17.2 Å². The van der Waals surface area contributed by atoms with Gasteiger partial charge in [-0.3, -0.25) is 4.79 Å². The van der Waals surface area contributed by atoms with Crippen molar-refractivity contribution >= 4 is 11.7 Å². The molecule has 0 saturated carbocycles. The van der Waals surface area contributed by atoms with Crippen molar-refractivity contribution in [1.29, 1.82) is 0 Å². The van der Waals surface area contributed by atoms with Gasteiger partial charge in [0.1, 0.15) is 11.6 Å². The number of carbonyl (C=O) groups is 1. The number of rotatable bonds is 9. The Hall–Kier alpha value is -3.62. The second kappa shape index (κ2) is 9.73. The summed E-state index contributed by atoms with van der Waals surface area (Å²) in [5, 5.41) is 10.3. The summed E-state index contributed by atoms with van der Waals surface area (Å²) >= 11 is 0. The second-order valence-electron chi connectivity index (χ2n) is 6.19. The third kappa shape index (κ3) is 5.05. The Bertz CT molecular complexity index is 991. The SMILES string of the molecule is CCOc1ccc(-c2nonc2NC(=O)[C@H](C)Oc2ccc(F)cc2)cc1OCC. The van der Waals surface area contributed by atoms with Gasteiger partial charge in [0.05, 0.1) is 13.2 Å². The molecule has 0 spiro atoms. The number of aromatic nitrogens is 2. The molecule has 2 aromatic carbocycles. The number of amides is 1. The van der Waals surface area contributed by atoms with Crippen LogP contribution in [0.25, 0.3) is 11.3 Å². The van der Waals surface area contributed by atoms with Crippen molar-refractivity contribution in [3.05, 3.63) is 48.3 Å². The Morgan fingerprint density at radius 1 is 1.07 bits per heavy atom. The largest absolute Gasteiger partial charge is 0.490 e. The normalized spacial score (nSPS) is 11.6. The van der Waals surface area contributed by atoms with E-state index in [-0.39, 0.29) is 11.6 Å². The van der Waals surface area contributed by atoms with Gasteiger partial charge in [-0.25, -0.2) is 9.02 Å². The predicted molar refractivity (Wildman–Crippen MR) is 107 cm³/mol. The number of hydrogen-bond acceptors (Lipinski definition) is 7. The van der Waals surface area contributed by atoms with Crippen LogP contribution in [0, 0.1) is 5.82 Å². The van der Waals surface area contributed by atoms with E-state index in [0.29, 0.717) is 41.7 Å². The highest BCUT2D eigenvalue weighted by Gasteiger charge is 2.21. The van der Waals surface area contributed by atoms with Crippen LogP contribution in [0.2, 0.25) is 0 Å². The zero-order valence-corrected chi connectivity index (χ0v) is 16.8. The molecule has 8 nitrogen and oxygen atoms in total. The smallest absolute Gasteiger partial charge is 0.266 e. The lowest BCUT2D eigenvalue weighted by Gasteiger charge is -2.14. The van der Waals surface area contributed by atoms with E-state index in [2.05, 4.69) is 15.6 Å². The third-order valence-electron chi connectivity index (χ3n) is 4.04. The number of benzene rings is 2. The topological polar surface area (TPSA) is 95.7 Å².